The van der Waals surface area contributed by atoms with Crippen LogP contribution in [0, 0.1) is 0 Å². The fourth-order valence-electron chi connectivity index (χ4n) is 1.09. The summed E-state index contributed by atoms with van der Waals surface area (Å²) in [5, 5.41) is 0. The van der Waals surface area contributed by atoms with Gasteiger partial charge in [-0.25, -0.2) is 0 Å². The van der Waals surface area contributed by atoms with E-state index >= 15 is 0 Å². The van der Waals surface area contributed by atoms with E-state index in [2.05, 4.69) is 0 Å². The first-order valence-electron chi connectivity index (χ1n) is 4.55. The van der Waals surface area contributed by atoms with Gasteiger partial charge in [-0.3, -0.25) is 0 Å². The van der Waals surface area contributed by atoms with Gasteiger partial charge in [-0.2, -0.15) is 13.2 Å². The van der Waals surface area contributed by atoms with E-state index < -0.39 is 11.7 Å². The second kappa shape index (κ2) is 4.08. The van der Waals surface area contributed by atoms with Gasteiger partial charge in [0, 0.05) is 9.64 Å². The Balaban J connectivity index is 2.94. The molecule has 0 aromatic heterocycles. The van der Waals surface area contributed by atoms with Crippen molar-refractivity contribution in [3.8, 4) is 0 Å². The molecule has 0 unspecified atom stereocenters. The lowest BCUT2D eigenvalue weighted by Gasteiger charge is -2.18. The minimum absolute atomic E-state index is 0.0791. The van der Waals surface area contributed by atoms with Crippen LogP contribution in [0.5, 0.6) is 0 Å². The van der Waals surface area contributed by atoms with Gasteiger partial charge in [-0.15, -0.1) is 11.8 Å². The van der Waals surface area contributed by atoms with Gasteiger partial charge >= 0.3 is 6.18 Å². The summed E-state index contributed by atoms with van der Waals surface area (Å²) < 4.78 is 37.1. The number of benzene rings is 1. The third-order valence-electron chi connectivity index (χ3n) is 1.59. The van der Waals surface area contributed by atoms with Gasteiger partial charge in [-0.1, -0.05) is 26.8 Å². The van der Waals surface area contributed by atoms with Gasteiger partial charge in [0.15, 0.2) is 0 Å². The largest absolute Gasteiger partial charge is 0.416 e. The maximum Gasteiger partial charge on any atom is 0.416 e. The first-order chi connectivity index (χ1) is 6.68. The Morgan fingerprint density at radius 2 is 1.67 bits per heavy atom. The molecule has 0 fully saturated rings. The molecule has 1 rings (SSSR count). The maximum atomic E-state index is 12.4. The summed E-state index contributed by atoms with van der Waals surface area (Å²) in [6.07, 6.45) is -4.26. The second-order valence-electron chi connectivity index (χ2n) is 4.24. The monoisotopic (exact) mass is 234 g/mol. The van der Waals surface area contributed by atoms with Crippen LogP contribution in [0.25, 0.3) is 0 Å². The Morgan fingerprint density at radius 3 is 2.13 bits per heavy atom. The molecule has 0 radical (unpaired) electrons. The molecular formula is C11H13F3S. The van der Waals surface area contributed by atoms with Crippen molar-refractivity contribution >= 4 is 11.8 Å². The molecule has 0 saturated heterocycles. The minimum atomic E-state index is -4.26. The van der Waals surface area contributed by atoms with Crippen LogP contribution < -0.4 is 0 Å². The lowest BCUT2D eigenvalue weighted by molar-refractivity contribution is -0.137. The van der Waals surface area contributed by atoms with E-state index in [1.807, 2.05) is 20.8 Å². The van der Waals surface area contributed by atoms with E-state index in [9.17, 15) is 13.2 Å². The van der Waals surface area contributed by atoms with E-state index in [0.29, 0.717) is 4.90 Å². The normalized spacial score (nSPS) is 12.9. The number of halogens is 3. The zero-order chi connectivity index (χ0) is 11.7. The fraction of sp³-hybridized carbons (Fsp3) is 0.455. The van der Waals surface area contributed by atoms with Crippen molar-refractivity contribution in [2.45, 2.75) is 36.6 Å². The average molecular weight is 234 g/mol. The van der Waals surface area contributed by atoms with Gasteiger partial charge in [0.2, 0.25) is 0 Å². The van der Waals surface area contributed by atoms with Crippen LogP contribution in [0.3, 0.4) is 0 Å². The van der Waals surface area contributed by atoms with Crippen molar-refractivity contribution in [2.24, 2.45) is 0 Å². The molecular weight excluding hydrogens is 221 g/mol. The zero-order valence-corrected chi connectivity index (χ0v) is 9.67. The quantitative estimate of drug-likeness (QED) is 0.640. The molecule has 1 aromatic carbocycles. The van der Waals surface area contributed by atoms with E-state index in [-0.39, 0.29) is 4.75 Å². The molecule has 84 valence electrons. The lowest BCUT2D eigenvalue weighted by atomic mass is 10.2. The van der Waals surface area contributed by atoms with E-state index in [1.165, 1.54) is 23.9 Å². The predicted molar refractivity (Wildman–Crippen MR) is 57.1 cm³/mol. The molecule has 0 aliphatic rings. The highest BCUT2D eigenvalue weighted by Gasteiger charge is 2.30. The Bertz CT molecular complexity index is 336. The van der Waals surface area contributed by atoms with Crippen molar-refractivity contribution in [2.75, 3.05) is 0 Å². The molecule has 0 spiro atoms. The molecule has 0 N–H and O–H groups in total. The highest BCUT2D eigenvalue weighted by Crippen LogP contribution is 2.36. The maximum absolute atomic E-state index is 12.4. The predicted octanol–water partition coefficient (Wildman–Crippen LogP) is 4.60. The molecule has 0 amide bonds. The van der Waals surface area contributed by atoms with Crippen LogP contribution in [-0.2, 0) is 6.18 Å². The van der Waals surface area contributed by atoms with Crippen LogP contribution in [0.4, 0.5) is 13.2 Å². The number of alkyl halides is 3. The summed E-state index contributed by atoms with van der Waals surface area (Å²) in [5.41, 5.74) is -0.586. The lowest BCUT2D eigenvalue weighted by Crippen LogP contribution is -2.08. The van der Waals surface area contributed by atoms with E-state index in [1.54, 1.807) is 6.07 Å². The number of hydrogen-bond donors (Lipinski definition) is 0. The summed E-state index contributed by atoms with van der Waals surface area (Å²) in [5.74, 6) is 0. The van der Waals surface area contributed by atoms with Crippen LogP contribution in [-0.4, -0.2) is 4.75 Å². The molecule has 0 saturated carbocycles. The van der Waals surface area contributed by atoms with E-state index in [0.717, 1.165) is 6.07 Å². The van der Waals surface area contributed by atoms with E-state index in [4.69, 9.17) is 0 Å². The zero-order valence-electron chi connectivity index (χ0n) is 8.85. The van der Waals surface area contributed by atoms with Gasteiger partial charge < -0.3 is 0 Å². The molecule has 0 nitrogen and oxygen atoms in total. The van der Waals surface area contributed by atoms with Crippen LogP contribution >= 0.6 is 11.8 Å². The average Bonchev–Trinajstić information content (AvgIpc) is 1.99. The summed E-state index contributed by atoms with van der Waals surface area (Å²) in [6.45, 7) is 5.91. The highest BCUT2D eigenvalue weighted by atomic mass is 32.2. The molecule has 0 atom stereocenters. The van der Waals surface area contributed by atoms with Crippen molar-refractivity contribution in [1.82, 2.24) is 0 Å². The molecule has 4 heteroatoms. The smallest absolute Gasteiger partial charge is 0.166 e. The van der Waals surface area contributed by atoms with Crippen molar-refractivity contribution < 1.29 is 13.2 Å². The molecule has 0 heterocycles. The summed E-state index contributed by atoms with van der Waals surface area (Å²) >= 11 is 1.43. The Labute approximate surface area is 91.9 Å². The van der Waals surface area contributed by atoms with Crippen molar-refractivity contribution in [3.63, 3.8) is 0 Å². The minimum Gasteiger partial charge on any atom is -0.166 e. The first kappa shape index (κ1) is 12.4. The molecule has 0 aliphatic heterocycles. The topological polar surface area (TPSA) is 0 Å². The van der Waals surface area contributed by atoms with Gasteiger partial charge in [0.25, 0.3) is 0 Å². The molecule has 15 heavy (non-hydrogen) atoms. The summed E-state index contributed by atoms with van der Waals surface area (Å²) in [6, 6.07) is 5.42. The van der Waals surface area contributed by atoms with Gasteiger partial charge in [0.05, 0.1) is 5.56 Å². The number of rotatable bonds is 1. The third kappa shape index (κ3) is 4.16. The second-order valence-corrected chi connectivity index (χ2v) is 6.14. The van der Waals surface area contributed by atoms with Gasteiger partial charge in [-0.05, 0) is 18.2 Å². The summed E-state index contributed by atoms with van der Waals surface area (Å²) in [4.78, 5) is 0.650. The molecule has 0 bridgehead atoms. The SMILES string of the molecule is CC(C)(C)Sc1cccc(C(F)(F)F)c1. The standard InChI is InChI=1S/C11H13F3S/c1-10(2,3)15-9-6-4-5-8(7-9)11(12,13)14/h4-7H,1-3H3. The van der Waals surface area contributed by atoms with Crippen LogP contribution in [0.2, 0.25) is 0 Å². The Morgan fingerprint density at radius 1 is 1.07 bits per heavy atom. The van der Waals surface area contributed by atoms with Crippen LogP contribution in [0.15, 0.2) is 29.2 Å². The molecule has 1 aromatic rings. The summed E-state index contributed by atoms with van der Waals surface area (Å²) in [7, 11) is 0. The highest BCUT2D eigenvalue weighted by molar-refractivity contribution is 8.00. The third-order valence-corrected chi connectivity index (χ3v) is 2.69. The number of hydrogen-bond acceptors (Lipinski definition) is 1. The Kier molecular flexibility index (Phi) is 3.38. The molecule has 0 aliphatic carbocycles. The van der Waals surface area contributed by atoms with Crippen molar-refractivity contribution in [1.29, 1.82) is 0 Å². The van der Waals surface area contributed by atoms with Crippen LogP contribution in [0.1, 0.15) is 26.3 Å². The first-order valence-corrected chi connectivity index (χ1v) is 5.36. The Hall–Kier alpha value is -0.640. The fourth-order valence-corrected chi connectivity index (χ4v) is 2.13. The number of thioether (sulfide) groups is 1. The van der Waals surface area contributed by atoms with Gasteiger partial charge in [0.1, 0.15) is 0 Å². The van der Waals surface area contributed by atoms with Crippen molar-refractivity contribution in [3.05, 3.63) is 29.8 Å².